The molecule has 2 aromatic carbocycles. The Hall–Kier alpha value is -3.52. The van der Waals surface area contributed by atoms with Gasteiger partial charge < -0.3 is 24.6 Å². The monoisotopic (exact) mass is 395 g/mol. The second-order valence-electron chi connectivity index (χ2n) is 6.68. The predicted molar refractivity (Wildman–Crippen MR) is 108 cm³/mol. The van der Waals surface area contributed by atoms with Crippen molar-refractivity contribution in [2.24, 2.45) is 0 Å². The van der Waals surface area contributed by atoms with E-state index in [2.05, 4.69) is 15.5 Å². The summed E-state index contributed by atoms with van der Waals surface area (Å²) in [5, 5.41) is 20.1. The molecule has 4 rings (SSSR count). The van der Waals surface area contributed by atoms with Crippen LogP contribution in [-0.2, 0) is 0 Å². The van der Waals surface area contributed by atoms with Crippen LogP contribution in [0.4, 0.5) is 0 Å². The average Bonchev–Trinajstić information content (AvgIpc) is 3.35. The Morgan fingerprint density at radius 1 is 1.31 bits per heavy atom. The lowest BCUT2D eigenvalue weighted by atomic mass is 10.1. The van der Waals surface area contributed by atoms with Crippen LogP contribution in [0.2, 0.25) is 0 Å². The maximum Gasteiger partial charge on any atom is 0.255 e. The second kappa shape index (κ2) is 7.84. The van der Waals surface area contributed by atoms with E-state index < -0.39 is 6.10 Å². The molecule has 0 radical (unpaired) electrons. The SMILES string of the molecule is COc1c(C(=O)NCC(C)O)ccc2[nH]nc(C=Cc3ccc4c(c3)OCO4)c12. The Morgan fingerprint density at radius 3 is 2.93 bits per heavy atom. The third-order valence-corrected chi connectivity index (χ3v) is 4.55. The number of amides is 1. The molecule has 2 heterocycles. The van der Waals surface area contributed by atoms with Crippen molar-refractivity contribution in [2.75, 3.05) is 20.4 Å². The molecule has 0 saturated carbocycles. The van der Waals surface area contributed by atoms with Crippen molar-refractivity contribution < 1.29 is 24.1 Å². The van der Waals surface area contributed by atoms with E-state index >= 15 is 0 Å². The number of hydrogen-bond acceptors (Lipinski definition) is 6. The summed E-state index contributed by atoms with van der Waals surface area (Å²) in [4.78, 5) is 12.5. The molecule has 1 amide bonds. The largest absolute Gasteiger partial charge is 0.495 e. The van der Waals surface area contributed by atoms with Gasteiger partial charge in [0.15, 0.2) is 11.5 Å². The number of carbonyl (C=O) groups excluding carboxylic acids is 1. The number of ether oxygens (including phenoxy) is 3. The van der Waals surface area contributed by atoms with Crippen molar-refractivity contribution in [2.45, 2.75) is 13.0 Å². The van der Waals surface area contributed by atoms with Crippen LogP contribution in [-0.4, -0.2) is 47.8 Å². The van der Waals surface area contributed by atoms with Gasteiger partial charge in [-0.15, -0.1) is 0 Å². The van der Waals surface area contributed by atoms with Crippen LogP contribution in [0.25, 0.3) is 23.1 Å². The van der Waals surface area contributed by atoms with Crippen LogP contribution < -0.4 is 19.5 Å². The van der Waals surface area contributed by atoms with E-state index in [0.717, 1.165) is 16.8 Å². The fraction of sp³-hybridized carbons (Fsp3) is 0.238. The summed E-state index contributed by atoms with van der Waals surface area (Å²) in [6.07, 6.45) is 3.11. The summed E-state index contributed by atoms with van der Waals surface area (Å²) in [6.45, 7) is 1.99. The molecule has 3 aromatic rings. The van der Waals surface area contributed by atoms with E-state index in [1.54, 1.807) is 19.1 Å². The van der Waals surface area contributed by atoms with Crippen molar-refractivity contribution in [3.8, 4) is 17.2 Å². The van der Waals surface area contributed by atoms with Crippen molar-refractivity contribution in [1.29, 1.82) is 0 Å². The minimum absolute atomic E-state index is 0.155. The van der Waals surface area contributed by atoms with Gasteiger partial charge in [-0.2, -0.15) is 5.10 Å². The van der Waals surface area contributed by atoms with Crippen molar-refractivity contribution >= 4 is 29.0 Å². The molecule has 3 N–H and O–H groups in total. The smallest absolute Gasteiger partial charge is 0.255 e. The molecule has 0 saturated heterocycles. The summed E-state index contributed by atoms with van der Waals surface area (Å²) >= 11 is 0. The molecule has 1 aromatic heterocycles. The third-order valence-electron chi connectivity index (χ3n) is 4.55. The highest BCUT2D eigenvalue weighted by Crippen LogP contribution is 2.34. The first-order valence-corrected chi connectivity index (χ1v) is 9.16. The van der Waals surface area contributed by atoms with Gasteiger partial charge in [0.05, 0.1) is 35.4 Å². The number of hydrogen-bond donors (Lipinski definition) is 3. The topological polar surface area (TPSA) is 106 Å². The van der Waals surface area contributed by atoms with Crippen molar-refractivity contribution in [3.63, 3.8) is 0 Å². The van der Waals surface area contributed by atoms with Crippen LogP contribution in [0, 0.1) is 0 Å². The summed E-state index contributed by atoms with van der Waals surface area (Å²) < 4.78 is 16.3. The van der Waals surface area contributed by atoms with E-state index in [1.165, 1.54) is 7.11 Å². The fourth-order valence-electron chi connectivity index (χ4n) is 3.15. The number of H-pyrrole nitrogens is 1. The highest BCUT2D eigenvalue weighted by molar-refractivity contribution is 6.05. The van der Waals surface area contributed by atoms with E-state index in [9.17, 15) is 9.90 Å². The average molecular weight is 395 g/mol. The van der Waals surface area contributed by atoms with Crippen LogP contribution >= 0.6 is 0 Å². The summed E-state index contributed by atoms with van der Waals surface area (Å²) in [7, 11) is 1.51. The quantitative estimate of drug-likeness (QED) is 0.592. The first-order chi connectivity index (χ1) is 14.1. The molecule has 1 unspecified atom stereocenters. The molecule has 8 nitrogen and oxygen atoms in total. The van der Waals surface area contributed by atoms with E-state index in [1.807, 2.05) is 30.4 Å². The number of methoxy groups -OCH3 is 1. The maximum atomic E-state index is 12.5. The summed E-state index contributed by atoms with van der Waals surface area (Å²) in [5.41, 5.74) is 2.69. The lowest BCUT2D eigenvalue weighted by molar-refractivity contribution is 0.0921. The first-order valence-electron chi connectivity index (χ1n) is 9.16. The van der Waals surface area contributed by atoms with Gasteiger partial charge in [-0.1, -0.05) is 12.1 Å². The number of carbonyl (C=O) groups is 1. The van der Waals surface area contributed by atoms with Gasteiger partial charge in [0, 0.05) is 6.54 Å². The number of rotatable bonds is 6. The van der Waals surface area contributed by atoms with Gasteiger partial charge >= 0.3 is 0 Å². The molecule has 0 bridgehead atoms. The van der Waals surface area contributed by atoms with Gasteiger partial charge in [-0.25, -0.2) is 0 Å². The van der Waals surface area contributed by atoms with Gasteiger partial charge in [0.2, 0.25) is 6.79 Å². The zero-order valence-electron chi connectivity index (χ0n) is 16.1. The Morgan fingerprint density at radius 2 is 2.14 bits per heavy atom. The van der Waals surface area contributed by atoms with Gasteiger partial charge in [-0.05, 0) is 42.8 Å². The van der Waals surface area contributed by atoms with Gasteiger partial charge in [-0.3, -0.25) is 9.89 Å². The lowest BCUT2D eigenvalue weighted by Gasteiger charge is -2.11. The number of nitrogens with zero attached hydrogens (tertiary/aromatic N) is 1. The van der Waals surface area contributed by atoms with Crippen molar-refractivity contribution in [3.05, 3.63) is 47.2 Å². The molecule has 0 fully saturated rings. The number of aromatic amines is 1. The number of nitrogens with one attached hydrogen (secondary N) is 2. The van der Waals surface area contributed by atoms with Crippen LogP contribution in [0.5, 0.6) is 17.2 Å². The summed E-state index contributed by atoms with van der Waals surface area (Å²) in [5.74, 6) is 1.52. The number of aromatic nitrogens is 2. The molecule has 0 aliphatic carbocycles. The van der Waals surface area contributed by atoms with Gasteiger partial charge in [0.1, 0.15) is 5.75 Å². The Bertz CT molecular complexity index is 1090. The molecule has 1 atom stereocenters. The second-order valence-corrected chi connectivity index (χ2v) is 6.68. The molecule has 8 heteroatoms. The highest BCUT2D eigenvalue weighted by Gasteiger charge is 2.19. The number of fused-ring (bicyclic) bond motifs is 2. The molecule has 1 aliphatic rings. The maximum absolute atomic E-state index is 12.5. The zero-order valence-corrected chi connectivity index (χ0v) is 16.1. The molecule has 150 valence electrons. The zero-order chi connectivity index (χ0) is 20.4. The first kappa shape index (κ1) is 18.8. The highest BCUT2D eigenvalue weighted by atomic mass is 16.7. The molecule has 1 aliphatic heterocycles. The fourth-order valence-corrected chi connectivity index (χ4v) is 3.15. The molecular formula is C21H21N3O5. The predicted octanol–water partition coefficient (Wildman–Crippen LogP) is 2.58. The van der Waals surface area contributed by atoms with E-state index in [4.69, 9.17) is 14.2 Å². The Kier molecular flexibility index (Phi) is 5.09. The third kappa shape index (κ3) is 3.74. The minimum Gasteiger partial charge on any atom is -0.495 e. The minimum atomic E-state index is -0.636. The standard InChI is InChI=1S/C21H21N3O5/c1-12(25)10-22-21(26)14-5-7-16-19(20(14)27-2)15(23-24-16)6-3-13-4-8-17-18(9-13)29-11-28-17/h3-9,12,25H,10-11H2,1-2H3,(H,22,26)(H,23,24). The Balaban J connectivity index is 1.68. The summed E-state index contributed by atoms with van der Waals surface area (Å²) in [6, 6.07) is 9.11. The Labute approximate surface area is 167 Å². The van der Waals surface area contributed by atoms with Crippen LogP contribution in [0.15, 0.2) is 30.3 Å². The number of aliphatic hydroxyl groups excluding tert-OH is 1. The van der Waals surface area contributed by atoms with E-state index in [0.29, 0.717) is 28.1 Å². The number of aliphatic hydroxyl groups is 1. The van der Waals surface area contributed by atoms with E-state index in [-0.39, 0.29) is 19.2 Å². The normalized spacial score (nSPS) is 13.8. The van der Waals surface area contributed by atoms with Crippen molar-refractivity contribution in [1.82, 2.24) is 15.5 Å². The molecular weight excluding hydrogens is 374 g/mol. The number of benzene rings is 2. The van der Waals surface area contributed by atoms with Gasteiger partial charge in [0.25, 0.3) is 5.91 Å². The van der Waals surface area contributed by atoms with Crippen LogP contribution in [0.3, 0.4) is 0 Å². The molecule has 29 heavy (non-hydrogen) atoms. The molecule has 0 spiro atoms. The van der Waals surface area contributed by atoms with Crippen LogP contribution in [0.1, 0.15) is 28.5 Å². The lowest BCUT2D eigenvalue weighted by Crippen LogP contribution is -2.30.